The fourth-order valence-corrected chi connectivity index (χ4v) is 3.90. The van der Waals surface area contributed by atoms with Crippen LogP contribution in [0.4, 0.5) is 0 Å². The van der Waals surface area contributed by atoms with E-state index in [1.54, 1.807) is 24.3 Å². The summed E-state index contributed by atoms with van der Waals surface area (Å²) in [6.07, 6.45) is 1.04. The molecule has 0 atom stereocenters. The Morgan fingerprint density at radius 2 is 2.05 bits per heavy atom. The number of sulfonamides is 1. The molecule has 2 aromatic rings. The van der Waals surface area contributed by atoms with Crippen LogP contribution in [-0.2, 0) is 30.2 Å². The summed E-state index contributed by atoms with van der Waals surface area (Å²) in [5.74, 6) is -0.192. The largest absolute Gasteiger partial charge is 0.502 e. The number of rotatable bonds is 2. The lowest BCUT2D eigenvalue weighted by Crippen LogP contribution is -2.29. The minimum absolute atomic E-state index is 0.0248. The molecule has 0 saturated heterocycles. The van der Waals surface area contributed by atoms with Gasteiger partial charge in [0.2, 0.25) is 10.0 Å². The Hall–Kier alpha value is -2.19. The molecule has 3 rings (SSSR count). The first-order chi connectivity index (χ1) is 9.91. The van der Waals surface area contributed by atoms with E-state index in [1.807, 2.05) is 0 Å². The molecule has 1 aromatic carbocycles. The molecular formula is C13H13N3O4S. The Morgan fingerprint density at radius 1 is 1.33 bits per heavy atom. The second-order valence-electron chi connectivity index (χ2n) is 4.80. The molecule has 1 aliphatic heterocycles. The topological polar surface area (TPSA) is 92.5 Å². The fraction of sp³-hybridized carbons (Fsp3) is 0.231. The van der Waals surface area contributed by atoms with Crippen molar-refractivity contribution < 1.29 is 13.5 Å². The average molecular weight is 307 g/mol. The van der Waals surface area contributed by atoms with Crippen LogP contribution < -0.4 is 5.56 Å². The summed E-state index contributed by atoms with van der Waals surface area (Å²) in [4.78, 5) is 15.9. The van der Waals surface area contributed by atoms with E-state index in [9.17, 15) is 18.3 Å². The van der Waals surface area contributed by atoms with Crippen molar-refractivity contribution in [2.24, 2.45) is 7.05 Å². The lowest BCUT2D eigenvalue weighted by molar-refractivity contribution is 0.395. The predicted molar refractivity (Wildman–Crippen MR) is 74.0 cm³/mol. The minimum atomic E-state index is -3.57. The molecule has 7 nitrogen and oxygen atoms in total. The van der Waals surface area contributed by atoms with E-state index >= 15 is 0 Å². The maximum Gasteiger partial charge on any atom is 0.295 e. The van der Waals surface area contributed by atoms with Gasteiger partial charge in [-0.05, 0) is 11.6 Å². The monoisotopic (exact) mass is 307 g/mol. The Bertz CT molecular complexity index is 873. The zero-order valence-corrected chi connectivity index (χ0v) is 12.0. The number of nitrogens with zero attached hydrogens (tertiary/aromatic N) is 3. The molecule has 110 valence electrons. The van der Waals surface area contributed by atoms with Gasteiger partial charge in [-0.15, -0.1) is 0 Å². The molecule has 0 spiro atoms. The van der Waals surface area contributed by atoms with E-state index in [0.29, 0.717) is 0 Å². The second kappa shape index (κ2) is 4.68. The Morgan fingerprint density at radius 3 is 2.76 bits per heavy atom. The van der Waals surface area contributed by atoms with E-state index in [2.05, 4.69) is 4.98 Å². The molecule has 1 aliphatic rings. The average Bonchev–Trinajstić information content (AvgIpc) is 2.71. The normalized spacial score (nSPS) is 16.8. The highest BCUT2D eigenvalue weighted by Crippen LogP contribution is 2.30. The lowest BCUT2D eigenvalue weighted by Gasteiger charge is -2.15. The van der Waals surface area contributed by atoms with Crippen LogP contribution in [0.25, 0.3) is 0 Å². The number of fused-ring (bicyclic) bond motifs is 1. The third-order valence-electron chi connectivity index (χ3n) is 3.50. The van der Waals surface area contributed by atoms with Gasteiger partial charge in [-0.25, -0.2) is 13.4 Å². The zero-order valence-electron chi connectivity index (χ0n) is 11.2. The molecular weight excluding hydrogens is 294 g/mol. The van der Waals surface area contributed by atoms with Crippen LogP contribution in [0.15, 0.2) is 40.2 Å². The first-order valence-corrected chi connectivity index (χ1v) is 7.67. The number of hydrogen-bond donors (Lipinski definition) is 1. The molecule has 2 heterocycles. The van der Waals surface area contributed by atoms with Crippen LogP contribution in [0.3, 0.4) is 0 Å². The SMILES string of the molecule is Cn1c(CN2Cc3ccccc3S2(=O)=O)ncc(O)c1=O. The molecule has 0 fully saturated rings. The highest BCUT2D eigenvalue weighted by atomic mass is 32.2. The molecule has 0 amide bonds. The van der Waals surface area contributed by atoms with E-state index in [-0.39, 0.29) is 23.8 Å². The molecule has 0 saturated carbocycles. The van der Waals surface area contributed by atoms with Gasteiger partial charge >= 0.3 is 0 Å². The second-order valence-corrected chi connectivity index (χ2v) is 6.71. The van der Waals surface area contributed by atoms with E-state index < -0.39 is 21.3 Å². The quantitative estimate of drug-likeness (QED) is 0.855. The van der Waals surface area contributed by atoms with Crippen molar-refractivity contribution >= 4 is 10.0 Å². The van der Waals surface area contributed by atoms with Gasteiger partial charge in [0, 0.05) is 13.6 Å². The summed E-state index contributed by atoms with van der Waals surface area (Å²) in [7, 11) is -2.12. The van der Waals surface area contributed by atoms with Gasteiger partial charge in [0.25, 0.3) is 5.56 Å². The van der Waals surface area contributed by atoms with Crippen molar-refractivity contribution in [3.63, 3.8) is 0 Å². The lowest BCUT2D eigenvalue weighted by atomic mass is 10.2. The molecule has 1 aromatic heterocycles. The summed E-state index contributed by atoms with van der Waals surface area (Å²) in [6, 6.07) is 6.78. The van der Waals surface area contributed by atoms with Crippen molar-refractivity contribution in [1.82, 2.24) is 13.9 Å². The van der Waals surface area contributed by atoms with Crippen LogP contribution in [0.1, 0.15) is 11.4 Å². The predicted octanol–water partition coefficient (Wildman–Crippen LogP) is 0.190. The van der Waals surface area contributed by atoms with Crippen LogP contribution in [-0.4, -0.2) is 27.4 Å². The third-order valence-corrected chi connectivity index (χ3v) is 5.39. The van der Waals surface area contributed by atoms with Crippen molar-refractivity contribution in [3.05, 3.63) is 52.2 Å². The third kappa shape index (κ3) is 2.12. The van der Waals surface area contributed by atoms with Crippen LogP contribution >= 0.6 is 0 Å². The summed E-state index contributed by atoms with van der Waals surface area (Å²) in [5.41, 5.74) is 0.121. The maximum absolute atomic E-state index is 12.4. The maximum atomic E-state index is 12.4. The molecule has 21 heavy (non-hydrogen) atoms. The molecule has 0 aliphatic carbocycles. The van der Waals surface area contributed by atoms with Crippen molar-refractivity contribution in [2.45, 2.75) is 18.0 Å². The molecule has 8 heteroatoms. The number of aromatic nitrogens is 2. The number of aromatic hydroxyl groups is 1. The molecule has 0 bridgehead atoms. The van der Waals surface area contributed by atoms with Gasteiger partial charge in [0.1, 0.15) is 5.82 Å². The van der Waals surface area contributed by atoms with Gasteiger partial charge in [-0.1, -0.05) is 18.2 Å². The van der Waals surface area contributed by atoms with Gasteiger partial charge in [-0.2, -0.15) is 4.31 Å². The molecule has 0 radical (unpaired) electrons. The summed E-state index contributed by atoms with van der Waals surface area (Å²) < 4.78 is 27.2. The molecule has 0 unspecified atom stereocenters. The first kappa shape index (κ1) is 13.8. The van der Waals surface area contributed by atoms with Gasteiger partial charge < -0.3 is 5.11 Å². The zero-order chi connectivity index (χ0) is 15.2. The molecule has 1 N–H and O–H groups in total. The van der Waals surface area contributed by atoms with E-state index in [1.165, 1.54) is 11.4 Å². The highest BCUT2D eigenvalue weighted by Gasteiger charge is 2.34. The number of hydrogen-bond acceptors (Lipinski definition) is 5. The standard InChI is InChI=1S/C13H13N3O4S/c1-15-12(14-6-10(17)13(15)18)8-16-7-9-4-2-3-5-11(9)21(16,19)20/h2-6,17H,7-8H2,1H3. The van der Waals surface area contributed by atoms with Gasteiger partial charge in [-0.3, -0.25) is 9.36 Å². The summed E-state index contributed by atoms with van der Waals surface area (Å²) in [5, 5.41) is 9.30. The Kier molecular flexibility index (Phi) is 3.07. The number of benzene rings is 1. The Labute approximate surface area is 121 Å². The van der Waals surface area contributed by atoms with Crippen LogP contribution in [0, 0.1) is 0 Å². The minimum Gasteiger partial charge on any atom is -0.502 e. The van der Waals surface area contributed by atoms with Gasteiger partial charge in [0.05, 0.1) is 17.6 Å². The summed E-state index contributed by atoms with van der Waals surface area (Å²) >= 11 is 0. The van der Waals surface area contributed by atoms with Crippen LogP contribution in [0.5, 0.6) is 5.75 Å². The first-order valence-electron chi connectivity index (χ1n) is 6.23. The van der Waals surface area contributed by atoms with Crippen molar-refractivity contribution in [1.29, 1.82) is 0 Å². The highest BCUT2D eigenvalue weighted by molar-refractivity contribution is 7.89. The van der Waals surface area contributed by atoms with E-state index in [0.717, 1.165) is 16.3 Å². The van der Waals surface area contributed by atoms with Crippen LogP contribution in [0.2, 0.25) is 0 Å². The van der Waals surface area contributed by atoms with Crippen molar-refractivity contribution in [2.75, 3.05) is 0 Å². The summed E-state index contributed by atoms with van der Waals surface area (Å²) in [6.45, 7) is 0.221. The van der Waals surface area contributed by atoms with E-state index in [4.69, 9.17) is 0 Å². The fourth-order valence-electron chi connectivity index (χ4n) is 2.31. The Balaban J connectivity index is 1.99. The smallest absolute Gasteiger partial charge is 0.295 e. The van der Waals surface area contributed by atoms with Crippen molar-refractivity contribution in [3.8, 4) is 5.75 Å². The van der Waals surface area contributed by atoms with Gasteiger partial charge in [0.15, 0.2) is 5.75 Å².